The van der Waals surface area contributed by atoms with Gasteiger partial charge in [0.15, 0.2) is 11.5 Å². The fraction of sp³-hybridized carbons (Fsp3) is 0.643. The van der Waals surface area contributed by atoms with E-state index in [1.165, 1.54) is 6.33 Å². The molecule has 2 aromatic heterocycles. The molecule has 0 aliphatic rings. The van der Waals surface area contributed by atoms with E-state index in [4.69, 9.17) is 14.5 Å². The topological polar surface area (TPSA) is 126 Å². The van der Waals surface area contributed by atoms with Gasteiger partial charge in [0.2, 0.25) is 0 Å². The first kappa shape index (κ1) is 19.7. The summed E-state index contributed by atoms with van der Waals surface area (Å²) in [5, 5.41) is 3.27. The Morgan fingerprint density at radius 2 is 2.12 bits per heavy atom. The molecule has 2 rings (SSSR count). The van der Waals surface area contributed by atoms with E-state index in [1.54, 1.807) is 17.8 Å². The average Bonchev–Trinajstić information content (AvgIpc) is 2.92. The number of anilines is 1. The summed E-state index contributed by atoms with van der Waals surface area (Å²) in [5.74, 6) is 0.672. The number of nitrogens with one attached hydrogen (secondary N) is 1. The summed E-state index contributed by atoms with van der Waals surface area (Å²) in [6.07, 6.45) is 3.08. The van der Waals surface area contributed by atoms with Crippen LogP contribution in [0, 0.1) is 0 Å². The zero-order valence-electron chi connectivity index (χ0n) is 14.7. The van der Waals surface area contributed by atoms with Gasteiger partial charge in [-0.3, -0.25) is 4.57 Å². The third kappa shape index (κ3) is 6.33. The zero-order chi connectivity index (χ0) is 18.4. The quantitative estimate of drug-likeness (QED) is 0.409. The van der Waals surface area contributed by atoms with E-state index in [2.05, 4.69) is 25.2 Å². The van der Waals surface area contributed by atoms with Crippen LogP contribution in [0.4, 0.5) is 5.82 Å². The van der Waals surface area contributed by atoms with E-state index in [9.17, 15) is 4.57 Å². The van der Waals surface area contributed by atoms with Gasteiger partial charge in [-0.1, -0.05) is 0 Å². The highest BCUT2D eigenvalue weighted by Gasteiger charge is 2.17. The molecule has 0 saturated heterocycles. The van der Waals surface area contributed by atoms with Gasteiger partial charge in [0.25, 0.3) is 0 Å². The molecule has 11 heteroatoms. The van der Waals surface area contributed by atoms with Crippen LogP contribution >= 0.6 is 7.60 Å². The SMILES string of the molecule is C[C@H](Cn1cnc2c(NCCCN(C)C)ncnc21)OCP(=O)(O)O. The van der Waals surface area contributed by atoms with E-state index < -0.39 is 20.0 Å². The molecule has 0 aromatic carbocycles. The maximum absolute atomic E-state index is 10.9. The van der Waals surface area contributed by atoms with Crippen molar-refractivity contribution in [2.75, 3.05) is 38.8 Å². The molecule has 1 atom stereocenters. The van der Waals surface area contributed by atoms with Gasteiger partial charge in [-0.25, -0.2) is 15.0 Å². The number of imidazole rings is 1. The summed E-state index contributed by atoms with van der Waals surface area (Å²) >= 11 is 0. The summed E-state index contributed by atoms with van der Waals surface area (Å²) in [6.45, 7) is 3.87. The van der Waals surface area contributed by atoms with Crippen molar-refractivity contribution >= 4 is 24.6 Å². The summed E-state index contributed by atoms with van der Waals surface area (Å²) in [4.78, 5) is 32.7. The summed E-state index contributed by atoms with van der Waals surface area (Å²) in [6, 6.07) is 0. The molecule has 25 heavy (non-hydrogen) atoms. The Balaban J connectivity index is 2.01. The van der Waals surface area contributed by atoms with E-state index in [0.717, 1.165) is 19.5 Å². The molecule has 0 radical (unpaired) electrons. The normalized spacial score (nSPS) is 13.5. The zero-order valence-corrected chi connectivity index (χ0v) is 15.6. The van der Waals surface area contributed by atoms with E-state index >= 15 is 0 Å². The van der Waals surface area contributed by atoms with Crippen molar-refractivity contribution in [3.63, 3.8) is 0 Å². The second-order valence-electron chi connectivity index (χ2n) is 6.15. The monoisotopic (exact) mass is 372 g/mol. The van der Waals surface area contributed by atoms with Gasteiger partial charge in [-0.05, 0) is 34.0 Å². The van der Waals surface area contributed by atoms with Crippen LogP contribution in [0.2, 0.25) is 0 Å². The highest BCUT2D eigenvalue weighted by Crippen LogP contribution is 2.34. The lowest BCUT2D eigenvalue weighted by Crippen LogP contribution is -2.17. The maximum Gasteiger partial charge on any atom is 0.350 e. The van der Waals surface area contributed by atoms with Crippen LogP contribution < -0.4 is 5.32 Å². The molecule has 140 valence electrons. The van der Waals surface area contributed by atoms with E-state index in [0.29, 0.717) is 23.5 Å². The molecule has 3 N–H and O–H groups in total. The highest BCUT2D eigenvalue weighted by atomic mass is 31.2. The molecule has 2 aromatic rings. The predicted octanol–water partition coefficient (Wildman–Crippen LogP) is 0.730. The smallest absolute Gasteiger partial charge is 0.350 e. The van der Waals surface area contributed by atoms with Crippen molar-refractivity contribution in [3.05, 3.63) is 12.7 Å². The third-order valence-corrected chi connectivity index (χ3v) is 3.94. The van der Waals surface area contributed by atoms with Crippen LogP contribution in [-0.2, 0) is 15.8 Å². The summed E-state index contributed by atoms with van der Waals surface area (Å²) < 4.78 is 17.9. The Morgan fingerprint density at radius 1 is 1.36 bits per heavy atom. The maximum atomic E-state index is 10.9. The third-order valence-electron chi connectivity index (χ3n) is 3.46. The van der Waals surface area contributed by atoms with E-state index in [1.807, 2.05) is 14.1 Å². The van der Waals surface area contributed by atoms with Crippen molar-refractivity contribution < 1.29 is 19.1 Å². The molecule has 0 aliphatic heterocycles. The molecule has 0 aliphatic carbocycles. The van der Waals surface area contributed by atoms with Gasteiger partial charge in [0.05, 0.1) is 19.0 Å². The minimum absolute atomic E-state index is 0.383. The molecule has 0 saturated carbocycles. The molecular formula is C14H25N6O4P. The van der Waals surface area contributed by atoms with Crippen LogP contribution in [0.15, 0.2) is 12.7 Å². The summed E-state index contributed by atoms with van der Waals surface area (Å²) in [5.41, 5.74) is 1.31. The van der Waals surface area contributed by atoms with Gasteiger partial charge >= 0.3 is 7.60 Å². The van der Waals surface area contributed by atoms with Gasteiger partial charge in [-0.2, -0.15) is 0 Å². The number of hydrogen-bond acceptors (Lipinski definition) is 7. The van der Waals surface area contributed by atoms with Crippen LogP contribution in [0.5, 0.6) is 0 Å². The minimum Gasteiger partial charge on any atom is -0.368 e. The lowest BCUT2D eigenvalue weighted by molar-refractivity contribution is 0.0764. The molecule has 0 unspecified atom stereocenters. The number of rotatable bonds is 10. The predicted molar refractivity (Wildman–Crippen MR) is 94.4 cm³/mol. The standard InChI is InChI=1S/C14H25N6O4P/c1-11(24-10-25(21,22)23)7-20-9-18-12-13(16-8-17-14(12)20)15-5-4-6-19(2)3/h8-9,11H,4-7,10H2,1-3H3,(H,15,16,17)(H2,21,22,23)/t11-/m1/s1. The largest absolute Gasteiger partial charge is 0.368 e. The van der Waals surface area contributed by atoms with Crippen LogP contribution in [0.1, 0.15) is 13.3 Å². The van der Waals surface area contributed by atoms with Gasteiger partial charge < -0.3 is 29.3 Å². The highest BCUT2D eigenvalue weighted by molar-refractivity contribution is 7.51. The molecule has 2 heterocycles. The first-order chi connectivity index (χ1) is 11.8. The van der Waals surface area contributed by atoms with Crippen molar-refractivity contribution in [3.8, 4) is 0 Å². The Morgan fingerprint density at radius 3 is 2.80 bits per heavy atom. The molecular weight excluding hydrogens is 347 g/mol. The Labute approximate surface area is 146 Å². The van der Waals surface area contributed by atoms with Crippen molar-refractivity contribution in [2.45, 2.75) is 26.0 Å². The first-order valence-electron chi connectivity index (χ1n) is 7.97. The Kier molecular flexibility index (Phi) is 6.86. The summed E-state index contributed by atoms with van der Waals surface area (Å²) in [7, 11) is -0.119. The van der Waals surface area contributed by atoms with Crippen LogP contribution in [0.3, 0.4) is 0 Å². The van der Waals surface area contributed by atoms with E-state index in [-0.39, 0.29) is 0 Å². The van der Waals surface area contributed by atoms with Crippen LogP contribution in [-0.4, -0.2) is 73.8 Å². The number of ether oxygens (including phenoxy) is 1. The van der Waals surface area contributed by atoms with Gasteiger partial charge in [-0.15, -0.1) is 0 Å². The van der Waals surface area contributed by atoms with Gasteiger partial charge in [0.1, 0.15) is 18.2 Å². The average molecular weight is 372 g/mol. The van der Waals surface area contributed by atoms with Crippen molar-refractivity contribution in [2.24, 2.45) is 0 Å². The lowest BCUT2D eigenvalue weighted by atomic mass is 10.4. The lowest BCUT2D eigenvalue weighted by Gasteiger charge is -2.14. The number of hydrogen-bond donors (Lipinski definition) is 3. The molecule has 0 amide bonds. The Hall–Kier alpha value is -1.58. The Bertz CT molecular complexity index is 731. The van der Waals surface area contributed by atoms with Crippen molar-refractivity contribution in [1.82, 2.24) is 24.4 Å². The number of nitrogens with zero attached hydrogens (tertiary/aromatic N) is 5. The molecule has 0 bridgehead atoms. The second kappa shape index (κ2) is 8.68. The molecule has 0 spiro atoms. The fourth-order valence-electron chi connectivity index (χ4n) is 2.30. The molecule has 0 fully saturated rings. The first-order valence-corrected chi connectivity index (χ1v) is 9.76. The number of fused-ring (bicyclic) bond motifs is 1. The molecule has 10 nitrogen and oxygen atoms in total. The van der Waals surface area contributed by atoms with Gasteiger partial charge in [0, 0.05) is 6.54 Å². The number of aromatic nitrogens is 4. The van der Waals surface area contributed by atoms with Crippen LogP contribution in [0.25, 0.3) is 11.2 Å². The second-order valence-corrected chi connectivity index (χ2v) is 7.73. The minimum atomic E-state index is -4.17. The van der Waals surface area contributed by atoms with Crippen molar-refractivity contribution in [1.29, 1.82) is 0 Å². The fourth-order valence-corrected chi connectivity index (χ4v) is 2.75.